The van der Waals surface area contributed by atoms with Crippen LogP contribution in [0.15, 0.2) is 36.5 Å². The SMILES string of the molecule is CC(c1ccccc1F)N(C)c1nccc(C(N)=S)n1. The lowest BCUT2D eigenvalue weighted by Crippen LogP contribution is -2.25. The highest BCUT2D eigenvalue weighted by atomic mass is 32.1. The predicted octanol–water partition coefficient (Wildman–Crippen LogP) is 2.45. The van der Waals surface area contributed by atoms with Gasteiger partial charge in [-0.05, 0) is 19.1 Å². The van der Waals surface area contributed by atoms with Gasteiger partial charge < -0.3 is 10.6 Å². The van der Waals surface area contributed by atoms with Crippen molar-refractivity contribution in [3.05, 3.63) is 53.6 Å². The summed E-state index contributed by atoms with van der Waals surface area (Å²) in [5, 5.41) is 0. The Kier molecular flexibility index (Phi) is 4.24. The van der Waals surface area contributed by atoms with Gasteiger partial charge in [0.25, 0.3) is 0 Å². The molecular weight excluding hydrogens is 275 g/mol. The summed E-state index contributed by atoms with van der Waals surface area (Å²) in [5.41, 5.74) is 6.64. The van der Waals surface area contributed by atoms with Crippen molar-refractivity contribution in [2.24, 2.45) is 5.73 Å². The molecule has 2 rings (SSSR count). The molecule has 104 valence electrons. The van der Waals surface area contributed by atoms with Crippen LogP contribution in [0.1, 0.15) is 24.2 Å². The van der Waals surface area contributed by atoms with E-state index in [-0.39, 0.29) is 16.8 Å². The fourth-order valence-electron chi connectivity index (χ4n) is 1.85. The molecule has 0 saturated carbocycles. The lowest BCUT2D eigenvalue weighted by atomic mass is 10.1. The summed E-state index contributed by atoms with van der Waals surface area (Å²) >= 11 is 4.90. The van der Waals surface area contributed by atoms with Crippen molar-refractivity contribution in [3.8, 4) is 0 Å². The number of nitrogens with zero attached hydrogens (tertiary/aromatic N) is 3. The van der Waals surface area contributed by atoms with E-state index in [0.717, 1.165) is 0 Å². The van der Waals surface area contributed by atoms with Gasteiger partial charge in [-0.15, -0.1) is 0 Å². The van der Waals surface area contributed by atoms with Crippen molar-refractivity contribution in [2.75, 3.05) is 11.9 Å². The van der Waals surface area contributed by atoms with Crippen molar-refractivity contribution in [2.45, 2.75) is 13.0 Å². The van der Waals surface area contributed by atoms with E-state index in [2.05, 4.69) is 9.97 Å². The molecule has 20 heavy (non-hydrogen) atoms. The third-order valence-corrected chi connectivity index (χ3v) is 3.36. The van der Waals surface area contributed by atoms with E-state index in [1.807, 2.05) is 6.92 Å². The fraction of sp³-hybridized carbons (Fsp3) is 0.214. The quantitative estimate of drug-likeness (QED) is 0.877. The molecule has 1 unspecified atom stereocenters. The van der Waals surface area contributed by atoms with Crippen LogP contribution in [0.3, 0.4) is 0 Å². The van der Waals surface area contributed by atoms with Gasteiger partial charge in [-0.25, -0.2) is 14.4 Å². The van der Waals surface area contributed by atoms with E-state index >= 15 is 0 Å². The molecule has 0 bridgehead atoms. The third kappa shape index (κ3) is 2.91. The molecule has 0 aliphatic carbocycles. The van der Waals surface area contributed by atoms with E-state index in [1.165, 1.54) is 6.07 Å². The maximum atomic E-state index is 13.8. The zero-order valence-electron chi connectivity index (χ0n) is 11.2. The van der Waals surface area contributed by atoms with Crippen LogP contribution in [0.4, 0.5) is 10.3 Å². The monoisotopic (exact) mass is 290 g/mol. The highest BCUT2D eigenvalue weighted by Gasteiger charge is 2.18. The number of thiocarbonyl (C=S) groups is 1. The largest absolute Gasteiger partial charge is 0.388 e. The maximum absolute atomic E-state index is 13.8. The van der Waals surface area contributed by atoms with Crippen LogP contribution in [-0.2, 0) is 0 Å². The Labute approximate surface area is 122 Å². The Hall–Kier alpha value is -2.08. The Bertz CT molecular complexity index is 632. The van der Waals surface area contributed by atoms with Crippen LogP contribution in [0.5, 0.6) is 0 Å². The summed E-state index contributed by atoms with van der Waals surface area (Å²) in [6.07, 6.45) is 1.58. The minimum Gasteiger partial charge on any atom is -0.388 e. The second-order valence-electron chi connectivity index (χ2n) is 4.41. The molecule has 0 amide bonds. The van der Waals surface area contributed by atoms with Crippen molar-refractivity contribution in [1.29, 1.82) is 0 Å². The molecule has 2 aromatic rings. The molecule has 0 fully saturated rings. The summed E-state index contributed by atoms with van der Waals surface area (Å²) < 4.78 is 13.8. The standard InChI is InChI=1S/C14H15FN4S/c1-9(10-5-3-4-6-11(10)15)19(2)14-17-8-7-12(18-14)13(16)20/h3-9H,1-2H3,(H2,16,20). The second kappa shape index (κ2) is 5.92. The van der Waals surface area contributed by atoms with Crippen LogP contribution in [0, 0.1) is 5.82 Å². The first-order valence-electron chi connectivity index (χ1n) is 6.11. The lowest BCUT2D eigenvalue weighted by molar-refractivity contribution is 0.582. The van der Waals surface area contributed by atoms with E-state index in [0.29, 0.717) is 17.2 Å². The average molecular weight is 290 g/mol. The van der Waals surface area contributed by atoms with Crippen LogP contribution in [0.25, 0.3) is 0 Å². The van der Waals surface area contributed by atoms with Gasteiger partial charge in [0.1, 0.15) is 16.5 Å². The van der Waals surface area contributed by atoms with Gasteiger partial charge in [0.2, 0.25) is 5.95 Å². The summed E-state index contributed by atoms with van der Waals surface area (Å²) in [5.74, 6) is 0.198. The van der Waals surface area contributed by atoms with Crippen molar-refractivity contribution in [1.82, 2.24) is 9.97 Å². The van der Waals surface area contributed by atoms with Gasteiger partial charge in [-0.2, -0.15) is 0 Å². The molecule has 0 aliphatic rings. The molecule has 0 aliphatic heterocycles. The molecule has 1 atom stereocenters. The van der Waals surface area contributed by atoms with E-state index in [1.54, 1.807) is 42.4 Å². The van der Waals surface area contributed by atoms with Crippen molar-refractivity contribution < 1.29 is 4.39 Å². The highest BCUT2D eigenvalue weighted by Crippen LogP contribution is 2.24. The Morgan fingerprint density at radius 1 is 1.35 bits per heavy atom. The van der Waals surface area contributed by atoms with Crippen LogP contribution >= 0.6 is 12.2 Å². The Balaban J connectivity index is 2.31. The number of halogens is 1. The molecular formula is C14H15FN4S. The maximum Gasteiger partial charge on any atom is 0.226 e. The molecule has 0 radical (unpaired) electrons. The predicted molar refractivity (Wildman–Crippen MR) is 81.1 cm³/mol. The number of hydrogen-bond acceptors (Lipinski definition) is 4. The zero-order chi connectivity index (χ0) is 14.7. The first-order valence-corrected chi connectivity index (χ1v) is 6.51. The van der Waals surface area contributed by atoms with Crippen LogP contribution in [-0.4, -0.2) is 22.0 Å². The summed E-state index contributed by atoms with van der Waals surface area (Å²) in [7, 11) is 1.80. The van der Waals surface area contributed by atoms with Crippen molar-refractivity contribution >= 4 is 23.2 Å². The number of rotatable bonds is 4. The number of anilines is 1. The number of aromatic nitrogens is 2. The minimum absolute atomic E-state index is 0.209. The molecule has 2 N–H and O–H groups in total. The van der Waals surface area contributed by atoms with Gasteiger partial charge in [0.15, 0.2) is 0 Å². The van der Waals surface area contributed by atoms with Gasteiger partial charge in [0, 0.05) is 18.8 Å². The van der Waals surface area contributed by atoms with Crippen LogP contribution < -0.4 is 10.6 Å². The average Bonchev–Trinajstić information content (AvgIpc) is 2.46. The Morgan fingerprint density at radius 3 is 2.70 bits per heavy atom. The molecule has 0 saturated heterocycles. The third-order valence-electron chi connectivity index (χ3n) is 3.15. The lowest BCUT2D eigenvalue weighted by Gasteiger charge is -2.25. The van der Waals surface area contributed by atoms with E-state index < -0.39 is 0 Å². The molecule has 1 aromatic heterocycles. The van der Waals surface area contributed by atoms with E-state index in [9.17, 15) is 4.39 Å². The number of benzene rings is 1. The summed E-state index contributed by atoms with van der Waals surface area (Å²) in [6.45, 7) is 1.88. The van der Waals surface area contributed by atoms with E-state index in [4.69, 9.17) is 18.0 Å². The summed E-state index contributed by atoms with van der Waals surface area (Å²) in [6, 6.07) is 8.08. The first-order chi connectivity index (χ1) is 9.50. The molecule has 0 spiro atoms. The molecule has 1 heterocycles. The molecule has 6 heteroatoms. The topological polar surface area (TPSA) is 55.0 Å². The number of hydrogen-bond donors (Lipinski definition) is 1. The van der Waals surface area contributed by atoms with Crippen LogP contribution in [0.2, 0.25) is 0 Å². The minimum atomic E-state index is -0.252. The smallest absolute Gasteiger partial charge is 0.226 e. The fourth-order valence-corrected chi connectivity index (χ4v) is 1.96. The highest BCUT2D eigenvalue weighted by molar-refractivity contribution is 7.80. The van der Waals surface area contributed by atoms with Gasteiger partial charge >= 0.3 is 0 Å². The van der Waals surface area contributed by atoms with Gasteiger partial charge in [-0.3, -0.25) is 0 Å². The second-order valence-corrected chi connectivity index (χ2v) is 4.85. The van der Waals surface area contributed by atoms with Gasteiger partial charge in [0.05, 0.1) is 6.04 Å². The Morgan fingerprint density at radius 2 is 2.05 bits per heavy atom. The van der Waals surface area contributed by atoms with Crippen molar-refractivity contribution in [3.63, 3.8) is 0 Å². The van der Waals surface area contributed by atoms with Gasteiger partial charge in [-0.1, -0.05) is 30.4 Å². The normalized spacial score (nSPS) is 11.9. The number of nitrogens with two attached hydrogens (primary N) is 1. The zero-order valence-corrected chi connectivity index (χ0v) is 12.1. The molecule has 1 aromatic carbocycles. The summed E-state index contributed by atoms with van der Waals surface area (Å²) in [4.78, 5) is 10.4. The first kappa shape index (κ1) is 14.3. The molecule has 4 nitrogen and oxygen atoms in total.